The van der Waals surface area contributed by atoms with Gasteiger partial charge in [-0.05, 0) is 50.3 Å². The summed E-state index contributed by atoms with van der Waals surface area (Å²) in [4.78, 5) is 6.90. The molecule has 2 aliphatic carbocycles. The van der Waals surface area contributed by atoms with Crippen molar-refractivity contribution in [3.05, 3.63) is 47.1 Å². The maximum absolute atomic E-state index is 5.36. The van der Waals surface area contributed by atoms with Gasteiger partial charge in [0.15, 0.2) is 5.82 Å². The van der Waals surface area contributed by atoms with Crippen LogP contribution < -0.4 is 0 Å². The van der Waals surface area contributed by atoms with Crippen molar-refractivity contribution in [3.63, 3.8) is 0 Å². The molecule has 0 amide bonds. The van der Waals surface area contributed by atoms with E-state index in [1.165, 1.54) is 43.2 Å². The maximum Gasteiger partial charge on any atom is 0.229 e. The molecule has 110 valence electrons. The van der Waals surface area contributed by atoms with E-state index in [4.69, 9.17) is 4.52 Å². The van der Waals surface area contributed by atoms with Crippen molar-refractivity contribution >= 4 is 0 Å². The van der Waals surface area contributed by atoms with E-state index < -0.39 is 0 Å². The minimum absolute atomic E-state index is 0.470. The second kappa shape index (κ2) is 5.26. The van der Waals surface area contributed by atoms with Crippen LogP contribution in [-0.2, 0) is 13.0 Å². The van der Waals surface area contributed by atoms with Crippen LogP contribution in [0.4, 0.5) is 0 Å². The van der Waals surface area contributed by atoms with E-state index in [1.54, 1.807) is 0 Å². The van der Waals surface area contributed by atoms with Gasteiger partial charge in [0.25, 0.3) is 0 Å². The Kier molecular flexibility index (Phi) is 3.26. The van der Waals surface area contributed by atoms with Crippen LogP contribution in [-0.4, -0.2) is 22.1 Å². The van der Waals surface area contributed by atoms with Crippen LogP contribution in [0.3, 0.4) is 0 Å². The van der Waals surface area contributed by atoms with Gasteiger partial charge in [-0.1, -0.05) is 29.4 Å². The zero-order chi connectivity index (χ0) is 14.2. The molecule has 1 heterocycles. The third kappa shape index (κ3) is 2.60. The average molecular weight is 283 g/mol. The van der Waals surface area contributed by atoms with Crippen molar-refractivity contribution in [2.45, 2.75) is 50.6 Å². The van der Waals surface area contributed by atoms with Crippen LogP contribution in [0.1, 0.15) is 60.5 Å². The van der Waals surface area contributed by atoms with Gasteiger partial charge in [-0.25, -0.2) is 0 Å². The van der Waals surface area contributed by atoms with Crippen molar-refractivity contribution in [3.8, 4) is 0 Å². The van der Waals surface area contributed by atoms with Crippen molar-refractivity contribution in [1.29, 1.82) is 0 Å². The highest BCUT2D eigenvalue weighted by Crippen LogP contribution is 2.39. The lowest BCUT2D eigenvalue weighted by Crippen LogP contribution is -2.27. The Morgan fingerprint density at radius 2 is 2.10 bits per heavy atom. The Morgan fingerprint density at radius 3 is 2.95 bits per heavy atom. The Hall–Kier alpha value is -1.68. The first kappa shape index (κ1) is 13.0. The first-order valence-electron chi connectivity index (χ1n) is 7.92. The van der Waals surface area contributed by atoms with E-state index in [0.717, 1.165) is 18.3 Å². The monoisotopic (exact) mass is 283 g/mol. The zero-order valence-electron chi connectivity index (χ0n) is 12.5. The van der Waals surface area contributed by atoms with E-state index in [-0.39, 0.29) is 0 Å². The van der Waals surface area contributed by atoms with Gasteiger partial charge in [0, 0.05) is 12.0 Å². The summed E-state index contributed by atoms with van der Waals surface area (Å²) in [5, 5.41) is 4.14. The van der Waals surface area contributed by atoms with Crippen LogP contribution in [0.5, 0.6) is 0 Å². The van der Waals surface area contributed by atoms with Crippen LogP contribution in [0.25, 0.3) is 0 Å². The topological polar surface area (TPSA) is 42.2 Å². The van der Waals surface area contributed by atoms with Crippen molar-refractivity contribution < 1.29 is 4.52 Å². The summed E-state index contributed by atoms with van der Waals surface area (Å²) in [7, 11) is 2.17. The molecule has 0 spiro atoms. The Morgan fingerprint density at radius 1 is 1.24 bits per heavy atom. The fraction of sp³-hybridized carbons (Fsp3) is 0.529. The molecular weight excluding hydrogens is 262 g/mol. The Bertz CT molecular complexity index is 632. The number of benzene rings is 1. The molecule has 0 radical (unpaired) electrons. The van der Waals surface area contributed by atoms with E-state index >= 15 is 0 Å². The van der Waals surface area contributed by atoms with Gasteiger partial charge >= 0.3 is 0 Å². The fourth-order valence-electron chi connectivity index (χ4n) is 3.35. The fourth-order valence-corrected chi connectivity index (χ4v) is 3.35. The standard InChI is InChI=1S/C17H21N3O/c1-20(11-16-18-17(21-19-16)13-9-10-13)15-8-4-6-12-5-2-3-7-14(12)15/h2-3,5,7,13,15H,4,6,8-11H2,1H3. The third-order valence-electron chi connectivity index (χ3n) is 4.67. The van der Waals surface area contributed by atoms with E-state index in [1.807, 2.05) is 0 Å². The molecule has 1 aromatic carbocycles. The van der Waals surface area contributed by atoms with E-state index in [0.29, 0.717) is 12.0 Å². The van der Waals surface area contributed by atoms with Gasteiger partial charge in [-0.3, -0.25) is 4.90 Å². The zero-order valence-corrected chi connectivity index (χ0v) is 12.5. The van der Waals surface area contributed by atoms with Crippen molar-refractivity contribution in [1.82, 2.24) is 15.0 Å². The second-order valence-corrected chi connectivity index (χ2v) is 6.35. The molecule has 1 saturated carbocycles. The summed E-state index contributed by atoms with van der Waals surface area (Å²) in [6.07, 6.45) is 6.07. The SMILES string of the molecule is CN(Cc1noc(C2CC2)n1)C1CCCc2ccccc21. The summed E-state index contributed by atoms with van der Waals surface area (Å²) in [5.74, 6) is 2.19. The van der Waals surface area contributed by atoms with Gasteiger partial charge < -0.3 is 4.52 Å². The number of hydrogen-bond donors (Lipinski definition) is 0. The number of aryl methyl sites for hydroxylation is 1. The van der Waals surface area contributed by atoms with Crippen molar-refractivity contribution in [2.24, 2.45) is 0 Å². The molecule has 0 bridgehead atoms. The molecule has 1 fully saturated rings. The lowest BCUT2D eigenvalue weighted by molar-refractivity contribution is 0.206. The molecule has 0 N–H and O–H groups in total. The van der Waals surface area contributed by atoms with Crippen LogP contribution >= 0.6 is 0 Å². The highest BCUT2D eigenvalue weighted by atomic mass is 16.5. The molecule has 2 aromatic rings. The molecule has 2 aliphatic rings. The predicted octanol–water partition coefficient (Wildman–Crippen LogP) is 3.46. The molecule has 4 nitrogen and oxygen atoms in total. The van der Waals surface area contributed by atoms with Crippen LogP contribution in [0.2, 0.25) is 0 Å². The Labute approximate surface area is 125 Å². The first-order valence-corrected chi connectivity index (χ1v) is 7.92. The second-order valence-electron chi connectivity index (χ2n) is 6.35. The van der Waals surface area contributed by atoms with Crippen molar-refractivity contribution in [2.75, 3.05) is 7.05 Å². The maximum atomic E-state index is 5.36. The molecule has 4 heteroatoms. The number of aromatic nitrogens is 2. The summed E-state index contributed by atoms with van der Waals surface area (Å²) in [6, 6.07) is 9.28. The van der Waals surface area contributed by atoms with Gasteiger partial charge in [0.1, 0.15) is 0 Å². The average Bonchev–Trinajstić information content (AvgIpc) is 3.27. The van der Waals surface area contributed by atoms with E-state index in [2.05, 4.69) is 46.4 Å². The molecule has 1 unspecified atom stereocenters. The molecule has 1 atom stereocenters. The lowest BCUT2D eigenvalue weighted by atomic mass is 9.87. The Balaban J connectivity index is 1.50. The van der Waals surface area contributed by atoms with Gasteiger partial charge in [0.2, 0.25) is 5.89 Å². The molecular formula is C17H21N3O. The van der Waals surface area contributed by atoms with Gasteiger partial charge in [-0.15, -0.1) is 0 Å². The molecule has 1 aromatic heterocycles. The minimum Gasteiger partial charge on any atom is -0.339 e. The van der Waals surface area contributed by atoms with Crippen LogP contribution in [0.15, 0.2) is 28.8 Å². The smallest absolute Gasteiger partial charge is 0.229 e. The molecule has 0 aliphatic heterocycles. The molecule has 4 rings (SSSR count). The third-order valence-corrected chi connectivity index (χ3v) is 4.67. The molecule has 0 saturated heterocycles. The lowest BCUT2D eigenvalue weighted by Gasteiger charge is -2.32. The summed E-state index contributed by atoms with van der Waals surface area (Å²) < 4.78 is 5.36. The highest BCUT2D eigenvalue weighted by Gasteiger charge is 2.30. The summed E-state index contributed by atoms with van der Waals surface area (Å²) >= 11 is 0. The highest BCUT2D eigenvalue weighted by molar-refractivity contribution is 5.32. The van der Waals surface area contributed by atoms with Crippen LogP contribution in [0, 0.1) is 0 Å². The number of fused-ring (bicyclic) bond motifs is 1. The number of rotatable bonds is 4. The predicted molar refractivity (Wildman–Crippen MR) is 79.9 cm³/mol. The van der Waals surface area contributed by atoms with E-state index in [9.17, 15) is 0 Å². The quantitative estimate of drug-likeness (QED) is 0.862. The number of nitrogens with zero attached hydrogens (tertiary/aromatic N) is 3. The summed E-state index contributed by atoms with van der Waals surface area (Å²) in [6.45, 7) is 0.759. The first-order chi connectivity index (χ1) is 10.3. The summed E-state index contributed by atoms with van der Waals surface area (Å²) in [5.41, 5.74) is 2.96. The molecule has 21 heavy (non-hydrogen) atoms. The minimum atomic E-state index is 0.470. The largest absolute Gasteiger partial charge is 0.339 e. The van der Waals surface area contributed by atoms with Gasteiger partial charge in [-0.2, -0.15) is 4.98 Å². The number of hydrogen-bond acceptors (Lipinski definition) is 4. The normalized spacial score (nSPS) is 21.5. The van der Waals surface area contributed by atoms with Gasteiger partial charge in [0.05, 0.1) is 6.54 Å².